The number of hydrogen-bond acceptors (Lipinski definition) is 6. The molecule has 0 fully saturated rings. The molecule has 0 aliphatic heterocycles. The number of rotatable bonds is 5. The Morgan fingerprint density at radius 2 is 1.88 bits per heavy atom. The Kier molecular flexibility index (Phi) is 4.90. The van der Waals surface area contributed by atoms with Crippen LogP contribution >= 0.6 is 0 Å². The van der Waals surface area contributed by atoms with E-state index in [2.05, 4.69) is 20.3 Å². The maximum Gasteiger partial charge on any atom is 0.230 e. The standard InChI is InChI=1S/C17H14F2N4O2S/c1-26(24,25)9-11-3-2-4-13(7-11)22-17-21-10-20-16(23-17)14-6-5-12(18)8-15(14)19/h2-8,10H,9H2,1H3,(H,20,21,22,23). The molecule has 134 valence electrons. The fourth-order valence-corrected chi connectivity index (χ4v) is 3.11. The van der Waals surface area contributed by atoms with Crippen LogP contribution < -0.4 is 5.32 Å². The van der Waals surface area contributed by atoms with Crippen molar-refractivity contribution in [3.05, 3.63) is 66.0 Å². The van der Waals surface area contributed by atoms with Crippen LogP contribution in [0.3, 0.4) is 0 Å². The minimum Gasteiger partial charge on any atom is -0.324 e. The Morgan fingerprint density at radius 3 is 2.62 bits per heavy atom. The first kappa shape index (κ1) is 17.9. The van der Waals surface area contributed by atoms with Gasteiger partial charge < -0.3 is 5.32 Å². The van der Waals surface area contributed by atoms with E-state index in [1.54, 1.807) is 24.3 Å². The van der Waals surface area contributed by atoms with Gasteiger partial charge in [0.25, 0.3) is 0 Å². The minimum absolute atomic E-state index is 0.0441. The lowest BCUT2D eigenvalue weighted by molar-refractivity contribution is 0.584. The second kappa shape index (κ2) is 7.12. The van der Waals surface area contributed by atoms with Gasteiger partial charge in [0.15, 0.2) is 15.7 Å². The summed E-state index contributed by atoms with van der Waals surface area (Å²) in [5, 5.41) is 2.92. The Bertz CT molecular complexity index is 1060. The molecule has 0 bridgehead atoms. The Labute approximate surface area is 148 Å². The number of halogens is 2. The first-order valence-electron chi connectivity index (χ1n) is 7.48. The average molecular weight is 376 g/mol. The molecule has 0 aliphatic rings. The van der Waals surface area contributed by atoms with Crippen LogP contribution in [0.2, 0.25) is 0 Å². The molecule has 0 aliphatic carbocycles. The summed E-state index contributed by atoms with van der Waals surface area (Å²) in [6, 6.07) is 9.88. The fourth-order valence-electron chi connectivity index (χ4n) is 2.33. The lowest BCUT2D eigenvalue weighted by Gasteiger charge is -2.08. The van der Waals surface area contributed by atoms with Gasteiger partial charge in [-0.05, 0) is 29.8 Å². The Morgan fingerprint density at radius 1 is 1.08 bits per heavy atom. The van der Waals surface area contributed by atoms with Crippen molar-refractivity contribution in [3.8, 4) is 11.4 Å². The van der Waals surface area contributed by atoms with Crippen molar-refractivity contribution in [1.82, 2.24) is 15.0 Å². The van der Waals surface area contributed by atoms with Crippen molar-refractivity contribution in [3.63, 3.8) is 0 Å². The molecular formula is C17H14F2N4O2S. The van der Waals surface area contributed by atoms with Gasteiger partial charge in [0.2, 0.25) is 5.95 Å². The van der Waals surface area contributed by atoms with E-state index in [0.717, 1.165) is 18.4 Å². The molecule has 3 rings (SSSR count). The third kappa shape index (κ3) is 4.57. The van der Waals surface area contributed by atoms with Gasteiger partial charge >= 0.3 is 0 Å². The highest BCUT2D eigenvalue weighted by Crippen LogP contribution is 2.22. The lowest BCUT2D eigenvalue weighted by Crippen LogP contribution is -2.03. The van der Waals surface area contributed by atoms with E-state index in [1.165, 1.54) is 12.4 Å². The van der Waals surface area contributed by atoms with Gasteiger partial charge in [0.05, 0.1) is 11.3 Å². The van der Waals surface area contributed by atoms with Gasteiger partial charge in [0.1, 0.15) is 18.0 Å². The molecule has 0 unspecified atom stereocenters. The molecule has 1 N–H and O–H groups in total. The highest BCUT2D eigenvalue weighted by atomic mass is 32.2. The van der Waals surface area contributed by atoms with Crippen molar-refractivity contribution >= 4 is 21.5 Å². The zero-order chi connectivity index (χ0) is 18.7. The summed E-state index contributed by atoms with van der Waals surface area (Å²) >= 11 is 0. The molecule has 2 aromatic carbocycles. The first-order valence-corrected chi connectivity index (χ1v) is 9.54. The second-order valence-electron chi connectivity index (χ2n) is 5.65. The van der Waals surface area contributed by atoms with Crippen molar-refractivity contribution in [1.29, 1.82) is 0 Å². The summed E-state index contributed by atoms with van der Waals surface area (Å²) in [5.41, 5.74) is 1.22. The molecule has 1 heterocycles. The fraction of sp³-hybridized carbons (Fsp3) is 0.118. The predicted molar refractivity (Wildman–Crippen MR) is 93.5 cm³/mol. The van der Waals surface area contributed by atoms with Crippen LogP contribution in [0.15, 0.2) is 48.8 Å². The molecule has 6 nitrogen and oxygen atoms in total. The largest absolute Gasteiger partial charge is 0.324 e. The monoisotopic (exact) mass is 376 g/mol. The van der Waals surface area contributed by atoms with Gasteiger partial charge in [0, 0.05) is 18.0 Å². The molecular weight excluding hydrogens is 362 g/mol. The van der Waals surface area contributed by atoms with Crippen molar-refractivity contribution in [2.45, 2.75) is 5.75 Å². The number of nitrogens with zero attached hydrogens (tertiary/aromatic N) is 3. The van der Waals surface area contributed by atoms with Crippen LogP contribution in [0.25, 0.3) is 11.4 Å². The number of aromatic nitrogens is 3. The van der Waals surface area contributed by atoms with Gasteiger partial charge in [-0.25, -0.2) is 27.2 Å². The maximum atomic E-state index is 13.9. The molecule has 26 heavy (non-hydrogen) atoms. The summed E-state index contributed by atoms with van der Waals surface area (Å²) in [6.45, 7) is 0. The Hall–Kier alpha value is -2.94. The summed E-state index contributed by atoms with van der Waals surface area (Å²) in [7, 11) is -3.16. The van der Waals surface area contributed by atoms with E-state index in [-0.39, 0.29) is 23.1 Å². The molecule has 1 aromatic heterocycles. The van der Waals surface area contributed by atoms with E-state index in [9.17, 15) is 17.2 Å². The van der Waals surface area contributed by atoms with Crippen molar-refractivity contribution in [2.75, 3.05) is 11.6 Å². The van der Waals surface area contributed by atoms with Gasteiger partial charge in [-0.15, -0.1) is 0 Å². The van der Waals surface area contributed by atoms with E-state index in [1.807, 2.05) is 0 Å². The summed E-state index contributed by atoms with van der Waals surface area (Å²) in [6.07, 6.45) is 2.36. The number of nitrogens with one attached hydrogen (secondary N) is 1. The molecule has 0 spiro atoms. The van der Waals surface area contributed by atoms with Gasteiger partial charge in [-0.1, -0.05) is 12.1 Å². The van der Waals surface area contributed by atoms with Gasteiger partial charge in [-0.3, -0.25) is 0 Å². The summed E-state index contributed by atoms with van der Waals surface area (Å²) < 4.78 is 49.7. The maximum absolute atomic E-state index is 13.9. The molecule has 0 atom stereocenters. The van der Waals surface area contributed by atoms with Crippen LogP contribution in [-0.4, -0.2) is 29.6 Å². The van der Waals surface area contributed by atoms with E-state index >= 15 is 0 Å². The Balaban J connectivity index is 1.86. The van der Waals surface area contributed by atoms with Crippen LogP contribution in [0, 0.1) is 11.6 Å². The molecule has 0 radical (unpaired) electrons. The number of anilines is 2. The zero-order valence-electron chi connectivity index (χ0n) is 13.6. The quantitative estimate of drug-likeness (QED) is 0.737. The average Bonchev–Trinajstić information content (AvgIpc) is 2.54. The van der Waals surface area contributed by atoms with E-state index in [4.69, 9.17) is 0 Å². The topological polar surface area (TPSA) is 84.8 Å². The number of hydrogen-bond donors (Lipinski definition) is 1. The van der Waals surface area contributed by atoms with Crippen molar-refractivity contribution in [2.24, 2.45) is 0 Å². The SMILES string of the molecule is CS(=O)(=O)Cc1cccc(Nc2ncnc(-c3ccc(F)cc3F)n2)c1. The smallest absolute Gasteiger partial charge is 0.230 e. The normalized spacial score (nSPS) is 11.3. The summed E-state index contributed by atoms with van der Waals surface area (Å²) in [5.74, 6) is -1.37. The summed E-state index contributed by atoms with van der Waals surface area (Å²) in [4.78, 5) is 12.0. The number of benzene rings is 2. The number of sulfone groups is 1. The predicted octanol–water partition coefficient (Wildman–Crippen LogP) is 3.11. The third-order valence-electron chi connectivity index (χ3n) is 3.36. The van der Waals surface area contributed by atoms with Gasteiger partial charge in [-0.2, -0.15) is 4.98 Å². The molecule has 9 heteroatoms. The van der Waals surface area contributed by atoms with Crippen LogP contribution in [0.4, 0.5) is 20.4 Å². The third-order valence-corrected chi connectivity index (χ3v) is 4.21. The minimum atomic E-state index is -3.16. The highest BCUT2D eigenvalue weighted by molar-refractivity contribution is 7.89. The van der Waals surface area contributed by atoms with Crippen LogP contribution in [0.5, 0.6) is 0 Å². The van der Waals surface area contributed by atoms with Crippen molar-refractivity contribution < 1.29 is 17.2 Å². The molecule has 3 aromatic rings. The van der Waals surface area contributed by atoms with E-state index < -0.39 is 21.5 Å². The van der Waals surface area contributed by atoms with Crippen LogP contribution in [0.1, 0.15) is 5.56 Å². The van der Waals surface area contributed by atoms with Crippen LogP contribution in [-0.2, 0) is 15.6 Å². The lowest BCUT2D eigenvalue weighted by atomic mass is 10.2. The second-order valence-corrected chi connectivity index (χ2v) is 7.79. The zero-order valence-corrected chi connectivity index (χ0v) is 14.5. The first-order chi connectivity index (χ1) is 12.3. The highest BCUT2D eigenvalue weighted by Gasteiger charge is 2.11. The molecule has 0 saturated heterocycles. The molecule has 0 saturated carbocycles. The van der Waals surface area contributed by atoms with E-state index in [0.29, 0.717) is 11.3 Å². The molecule has 0 amide bonds.